The number of thiophene rings is 2. The topological polar surface area (TPSA) is 47.8 Å². The third kappa shape index (κ3) is 3.15. The van der Waals surface area contributed by atoms with Crippen LogP contribution in [-0.2, 0) is 4.79 Å². The summed E-state index contributed by atoms with van der Waals surface area (Å²) in [5.74, 6) is 0.122. The van der Waals surface area contributed by atoms with Crippen molar-refractivity contribution in [1.82, 2.24) is 15.0 Å². The van der Waals surface area contributed by atoms with Gasteiger partial charge in [-0.15, -0.1) is 27.8 Å². The molecule has 0 unspecified atom stereocenters. The summed E-state index contributed by atoms with van der Waals surface area (Å²) in [6.45, 7) is 0. The fraction of sp³-hybridized carbons (Fsp3) is 0.136. The molecule has 4 aromatic rings. The van der Waals surface area contributed by atoms with E-state index in [1.165, 1.54) is 9.75 Å². The molecular formula is C22H17N3OS2. The Bertz CT molecular complexity index is 1170. The lowest BCUT2D eigenvalue weighted by molar-refractivity contribution is -0.118. The van der Waals surface area contributed by atoms with Gasteiger partial charge in [-0.05, 0) is 59.2 Å². The van der Waals surface area contributed by atoms with Crippen molar-refractivity contribution < 1.29 is 4.79 Å². The van der Waals surface area contributed by atoms with Crippen LogP contribution in [0.5, 0.6) is 0 Å². The van der Waals surface area contributed by atoms with Gasteiger partial charge < -0.3 is 0 Å². The molecule has 0 N–H and O–H groups in total. The third-order valence-corrected chi connectivity index (χ3v) is 6.85. The number of fused-ring (bicyclic) bond motifs is 1. The smallest absolute Gasteiger partial charge is 0.181 e. The molecule has 0 spiro atoms. The maximum atomic E-state index is 13.2. The first kappa shape index (κ1) is 17.3. The van der Waals surface area contributed by atoms with E-state index in [2.05, 4.69) is 45.4 Å². The van der Waals surface area contributed by atoms with Crippen LogP contribution in [0.2, 0.25) is 0 Å². The minimum absolute atomic E-state index is 0.0468. The summed E-state index contributed by atoms with van der Waals surface area (Å²) in [6.07, 6.45) is 6.72. The lowest BCUT2D eigenvalue weighted by atomic mass is 9.82. The molecular weight excluding hydrogens is 386 g/mol. The van der Waals surface area contributed by atoms with Gasteiger partial charge in [0.2, 0.25) is 0 Å². The number of aromatic nitrogens is 3. The highest BCUT2D eigenvalue weighted by Crippen LogP contribution is 2.42. The Hall–Kier alpha value is -2.83. The molecule has 0 amide bonds. The van der Waals surface area contributed by atoms with Gasteiger partial charge in [0.1, 0.15) is 11.6 Å². The van der Waals surface area contributed by atoms with E-state index in [9.17, 15) is 4.79 Å². The number of ketones is 1. The van der Waals surface area contributed by atoms with E-state index >= 15 is 0 Å². The molecule has 0 aliphatic heterocycles. The first-order chi connectivity index (χ1) is 13.8. The first-order valence-electron chi connectivity index (χ1n) is 9.09. The summed E-state index contributed by atoms with van der Waals surface area (Å²) in [5, 5.41) is 12.7. The van der Waals surface area contributed by atoms with Crippen molar-refractivity contribution in [1.29, 1.82) is 0 Å². The van der Waals surface area contributed by atoms with Crippen LogP contribution >= 0.6 is 22.7 Å². The van der Waals surface area contributed by atoms with E-state index < -0.39 is 0 Å². The highest BCUT2D eigenvalue weighted by molar-refractivity contribution is 7.10. The second-order valence-corrected chi connectivity index (χ2v) is 8.72. The van der Waals surface area contributed by atoms with Crippen LogP contribution in [0.1, 0.15) is 28.1 Å². The monoisotopic (exact) mass is 403 g/mol. The lowest BCUT2D eigenvalue weighted by Gasteiger charge is -2.29. The molecule has 4 nitrogen and oxygen atoms in total. The van der Waals surface area contributed by atoms with Crippen molar-refractivity contribution in [2.24, 2.45) is 0 Å². The Balaban J connectivity index is 1.56. The second kappa shape index (κ2) is 7.30. The Labute approximate surface area is 170 Å². The molecule has 5 rings (SSSR count). The number of allylic oxidation sites excluding steroid dienone is 3. The van der Waals surface area contributed by atoms with Crippen LogP contribution in [0, 0.1) is 0 Å². The van der Waals surface area contributed by atoms with E-state index in [0.29, 0.717) is 0 Å². The van der Waals surface area contributed by atoms with E-state index in [1.54, 1.807) is 33.4 Å². The summed E-state index contributed by atoms with van der Waals surface area (Å²) in [4.78, 5) is 15.6. The number of carbonyl (C=O) groups excluding carboxylic acids is 1. The zero-order valence-electron chi connectivity index (χ0n) is 14.9. The quantitative estimate of drug-likeness (QED) is 0.452. The molecule has 1 aromatic carbocycles. The molecule has 28 heavy (non-hydrogen) atoms. The highest BCUT2D eigenvalue weighted by Gasteiger charge is 2.36. The number of rotatable bonds is 4. The van der Waals surface area contributed by atoms with Crippen molar-refractivity contribution in [3.8, 4) is 0 Å². The van der Waals surface area contributed by atoms with Crippen LogP contribution in [0.3, 0.4) is 0 Å². The Morgan fingerprint density at radius 2 is 1.86 bits per heavy atom. The standard InChI is InChI=1S/C22H17N3OS2/c26-20-14-15(9-10-16-5-3-11-27-16)13-17(21-8-4-12-28-21)22(20)25-19-7-2-1-6-18(19)23-24-25/h1-12,14,17,22H,13H2/t17-,22-/m1/s1. The second-order valence-electron chi connectivity index (χ2n) is 6.76. The molecule has 0 saturated heterocycles. The number of benzene rings is 1. The SMILES string of the molecule is O=C1C=C(C=Cc2cccs2)C[C@H](c2cccs2)[C@H]1n1nnc2ccccc21. The van der Waals surface area contributed by atoms with Crippen LogP contribution in [0.15, 0.2) is 77.0 Å². The minimum Gasteiger partial charge on any atom is -0.292 e. The van der Waals surface area contributed by atoms with Crippen molar-refractivity contribution in [3.63, 3.8) is 0 Å². The van der Waals surface area contributed by atoms with E-state index in [1.807, 2.05) is 36.4 Å². The van der Waals surface area contributed by atoms with Gasteiger partial charge in [-0.3, -0.25) is 4.79 Å². The molecule has 0 bridgehead atoms. The first-order valence-corrected chi connectivity index (χ1v) is 10.8. The zero-order valence-corrected chi connectivity index (χ0v) is 16.6. The largest absolute Gasteiger partial charge is 0.292 e. The van der Waals surface area contributed by atoms with Gasteiger partial charge in [0, 0.05) is 15.7 Å². The molecule has 0 fully saturated rings. The molecule has 3 heterocycles. The van der Waals surface area contributed by atoms with Gasteiger partial charge >= 0.3 is 0 Å². The van der Waals surface area contributed by atoms with E-state index in [-0.39, 0.29) is 17.7 Å². The van der Waals surface area contributed by atoms with Crippen molar-refractivity contribution in [2.75, 3.05) is 0 Å². The maximum Gasteiger partial charge on any atom is 0.181 e. The summed E-state index contributed by atoms with van der Waals surface area (Å²) in [5.41, 5.74) is 2.76. The van der Waals surface area contributed by atoms with Crippen molar-refractivity contribution >= 4 is 45.6 Å². The summed E-state index contributed by atoms with van der Waals surface area (Å²) < 4.78 is 1.80. The van der Waals surface area contributed by atoms with Gasteiger partial charge in [-0.25, -0.2) is 4.68 Å². The highest BCUT2D eigenvalue weighted by atomic mass is 32.1. The van der Waals surface area contributed by atoms with Crippen LogP contribution in [0.25, 0.3) is 17.1 Å². The fourth-order valence-corrected chi connectivity index (χ4v) is 5.20. The molecule has 1 aliphatic rings. The third-order valence-electron chi connectivity index (χ3n) is 5.01. The van der Waals surface area contributed by atoms with Crippen LogP contribution in [0.4, 0.5) is 0 Å². The molecule has 6 heteroatoms. The van der Waals surface area contributed by atoms with Gasteiger partial charge in [-0.2, -0.15) is 0 Å². The number of hydrogen-bond acceptors (Lipinski definition) is 5. The molecule has 0 saturated carbocycles. The summed E-state index contributed by atoms with van der Waals surface area (Å²) in [7, 11) is 0. The fourth-order valence-electron chi connectivity index (χ4n) is 3.72. The zero-order chi connectivity index (χ0) is 18.9. The van der Waals surface area contributed by atoms with Gasteiger partial charge in [0.15, 0.2) is 5.78 Å². The van der Waals surface area contributed by atoms with Crippen molar-refractivity contribution in [3.05, 3.63) is 86.8 Å². The average Bonchev–Trinajstić information content (AvgIpc) is 3.47. The molecule has 0 radical (unpaired) electrons. The molecule has 2 atom stereocenters. The number of carbonyl (C=O) groups is 1. The van der Waals surface area contributed by atoms with Gasteiger partial charge in [0.05, 0.1) is 5.52 Å². The minimum atomic E-state index is -0.370. The van der Waals surface area contributed by atoms with Gasteiger partial charge in [-0.1, -0.05) is 35.6 Å². The Morgan fingerprint density at radius 1 is 1.00 bits per heavy atom. The van der Waals surface area contributed by atoms with Crippen LogP contribution in [-0.4, -0.2) is 20.8 Å². The molecule has 138 valence electrons. The predicted molar refractivity (Wildman–Crippen MR) is 115 cm³/mol. The normalized spacial score (nSPS) is 20.1. The summed E-state index contributed by atoms with van der Waals surface area (Å²) >= 11 is 3.38. The summed E-state index contributed by atoms with van der Waals surface area (Å²) in [6, 6.07) is 15.7. The predicted octanol–water partition coefficient (Wildman–Crippen LogP) is 5.49. The number of hydrogen-bond donors (Lipinski definition) is 0. The van der Waals surface area contributed by atoms with Crippen LogP contribution < -0.4 is 0 Å². The molecule has 3 aromatic heterocycles. The van der Waals surface area contributed by atoms with Gasteiger partial charge in [0.25, 0.3) is 0 Å². The molecule has 1 aliphatic carbocycles. The Morgan fingerprint density at radius 3 is 2.68 bits per heavy atom. The number of para-hydroxylation sites is 1. The maximum absolute atomic E-state index is 13.2. The van der Waals surface area contributed by atoms with E-state index in [0.717, 1.165) is 23.0 Å². The number of nitrogens with zero attached hydrogens (tertiary/aromatic N) is 3. The Kier molecular flexibility index (Phi) is 4.50. The van der Waals surface area contributed by atoms with E-state index in [4.69, 9.17) is 0 Å². The van der Waals surface area contributed by atoms with Crippen molar-refractivity contribution in [2.45, 2.75) is 18.4 Å². The average molecular weight is 404 g/mol. The lowest BCUT2D eigenvalue weighted by Crippen LogP contribution is -2.29.